The molecule has 0 amide bonds. The maximum Gasteiger partial charge on any atom is 0.123 e. The van der Waals surface area contributed by atoms with E-state index in [4.69, 9.17) is 10.6 Å². The van der Waals surface area contributed by atoms with Crippen LogP contribution in [0.5, 0.6) is 0 Å². The number of hydrogen-bond donors (Lipinski definition) is 2. The standard InChI is InChI=1S/C16H26FN3O/c1-3-6-20-7-8-21-16(11-20)15(19-18)10-13-4-5-14(17)9-12(13)2/h4-5,9,15-16,19H,3,6-8,10-11,18H2,1-2H3. The quantitative estimate of drug-likeness (QED) is 0.618. The third-order valence-corrected chi connectivity index (χ3v) is 4.12. The van der Waals surface area contributed by atoms with Crippen LogP contribution in [0.25, 0.3) is 0 Å². The van der Waals surface area contributed by atoms with E-state index in [1.165, 1.54) is 6.07 Å². The number of hydrazine groups is 1. The largest absolute Gasteiger partial charge is 0.374 e. The smallest absolute Gasteiger partial charge is 0.123 e. The number of benzene rings is 1. The van der Waals surface area contributed by atoms with E-state index in [9.17, 15) is 4.39 Å². The zero-order chi connectivity index (χ0) is 15.2. The maximum absolute atomic E-state index is 13.2. The molecule has 0 saturated carbocycles. The van der Waals surface area contributed by atoms with Gasteiger partial charge in [0.15, 0.2) is 0 Å². The fourth-order valence-electron chi connectivity index (χ4n) is 2.92. The Bertz CT molecular complexity index is 453. The predicted octanol–water partition coefficient (Wildman–Crippen LogP) is 1.62. The first kappa shape index (κ1) is 16.4. The molecule has 0 radical (unpaired) electrons. The number of hydrogen-bond acceptors (Lipinski definition) is 4. The second-order valence-electron chi connectivity index (χ2n) is 5.76. The first-order valence-electron chi connectivity index (χ1n) is 7.69. The van der Waals surface area contributed by atoms with Crippen LogP contribution in [-0.4, -0.2) is 43.3 Å². The van der Waals surface area contributed by atoms with Crippen molar-refractivity contribution in [3.8, 4) is 0 Å². The summed E-state index contributed by atoms with van der Waals surface area (Å²) >= 11 is 0. The molecular weight excluding hydrogens is 269 g/mol. The number of halogens is 1. The highest BCUT2D eigenvalue weighted by atomic mass is 19.1. The summed E-state index contributed by atoms with van der Waals surface area (Å²) in [5, 5.41) is 0. The molecule has 1 aliphatic rings. The number of morpholine rings is 1. The fourth-order valence-corrected chi connectivity index (χ4v) is 2.92. The van der Waals surface area contributed by atoms with Crippen LogP contribution in [0.2, 0.25) is 0 Å². The van der Waals surface area contributed by atoms with Crippen LogP contribution in [0.15, 0.2) is 18.2 Å². The number of nitrogens with one attached hydrogen (secondary N) is 1. The van der Waals surface area contributed by atoms with Gasteiger partial charge in [-0.25, -0.2) is 4.39 Å². The van der Waals surface area contributed by atoms with Crippen LogP contribution in [0.3, 0.4) is 0 Å². The van der Waals surface area contributed by atoms with E-state index in [-0.39, 0.29) is 18.0 Å². The molecule has 3 N–H and O–H groups in total. The van der Waals surface area contributed by atoms with Crippen LogP contribution in [0.1, 0.15) is 24.5 Å². The summed E-state index contributed by atoms with van der Waals surface area (Å²) in [6.07, 6.45) is 1.96. The lowest BCUT2D eigenvalue weighted by atomic mass is 9.97. The highest BCUT2D eigenvalue weighted by molar-refractivity contribution is 5.27. The summed E-state index contributed by atoms with van der Waals surface area (Å²) in [6.45, 7) is 7.82. The Morgan fingerprint density at radius 3 is 3.00 bits per heavy atom. The summed E-state index contributed by atoms with van der Waals surface area (Å²) in [5.41, 5.74) is 4.94. The van der Waals surface area contributed by atoms with Crippen LogP contribution < -0.4 is 11.3 Å². The lowest BCUT2D eigenvalue weighted by Gasteiger charge is -2.36. The Labute approximate surface area is 126 Å². The van der Waals surface area contributed by atoms with E-state index in [2.05, 4.69) is 17.2 Å². The van der Waals surface area contributed by atoms with E-state index in [1.807, 2.05) is 13.0 Å². The van der Waals surface area contributed by atoms with E-state index >= 15 is 0 Å². The van der Waals surface area contributed by atoms with Gasteiger partial charge >= 0.3 is 0 Å². The second-order valence-corrected chi connectivity index (χ2v) is 5.76. The molecule has 0 bridgehead atoms. The molecular formula is C16H26FN3O. The third kappa shape index (κ3) is 4.48. The van der Waals surface area contributed by atoms with Crippen LogP contribution in [0, 0.1) is 12.7 Å². The maximum atomic E-state index is 13.2. The van der Waals surface area contributed by atoms with Gasteiger partial charge in [-0.3, -0.25) is 16.2 Å². The summed E-state index contributed by atoms with van der Waals surface area (Å²) in [4.78, 5) is 2.41. The molecule has 4 nitrogen and oxygen atoms in total. The van der Waals surface area contributed by atoms with Gasteiger partial charge in [0.05, 0.1) is 18.8 Å². The van der Waals surface area contributed by atoms with Crippen LogP contribution in [-0.2, 0) is 11.2 Å². The monoisotopic (exact) mass is 295 g/mol. The summed E-state index contributed by atoms with van der Waals surface area (Å²) in [6, 6.07) is 4.94. The van der Waals surface area contributed by atoms with Crippen molar-refractivity contribution in [1.82, 2.24) is 10.3 Å². The summed E-state index contributed by atoms with van der Waals surface area (Å²) in [7, 11) is 0. The van der Waals surface area contributed by atoms with Gasteiger partial charge in [0.25, 0.3) is 0 Å². The molecule has 0 aliphatic carbocycles. The van der Waals surface area contributed by atoms with Crippen molar-refractivity contribution in [2.24, 2.45) is 5.84 Å². The number of aryl methyl sites for hydroxylation is 1. The highest BCUT2D eigenvalue weighted by Crippen LogP contribution is 2.17. The molecule has 1 aromatic carbocycles. The average molecular weight is 295 g/mol. The topological polar surface area (TPSA) is 50.5 Å². The van der Waals surface area contributed by atoms with Gasteiger partial charge in [-0.05, 0) is 49.6 Å². The molecule has 0 aromatic heterocycles. The van der Waals surface area contributed by atoms with Gasteiger partial charge in [-0.15, -0.1) is 0 Å². The number of rotatable bonds is 6. The third-order valence-electron chi connectivity index (χ3n) is 4.12. The molecule has 21 heavy (non-hydrogen) atoms. The van der Waals surface area contributed by atoms with E-state index < -0.39 is 0 Å². The summed E-state index contributed by atoms with van der Waals surface area (Å²) in [5.74, 6) is 5.53. The van der Waals surface area contributed by atoms with Crippen molar-refractivity contribution >= 4 is 0 Å². The van der Waals surface area contributed by atoms with E-state index in [0.29, 0.717) is 0 Å². The van der Waals surface area contributed by atoms with Crippen LogP contribution in [0.4, 0.5) is 4.39 Å². The van der Waals surface area contributed by atoms with Crippen molar-refractivity contribution in [2.45, 2.75) is 38.8 Å². The Morgan fingerprint density at radius 1 is 1.52 bits per heavy atom. The Kier molecular flexibility index (Phi) is 6.11. The molecule has 0 spiro atoms. The molecule has 1 aromatic rings. The van der Waals surface area contributed by atoms with Gasteiger partial charge in [0.1, 0.15) is 5.82 Å². The number of ether oxygens (including phenoxy) is 1. The molecule has 1 fully saturated rings. The van der Waals surface area contributed by atoms with Gasteiger partial charge in [0.2, 0.25) is 0 Å². The predicted molar refractivity (Wildman–Crippen MR) is 82.4 cm³/mol. The van der Waals surface area contributed by atoms with Gasteiger partial charge in [0, 0.05) is 13.1 Å². The van der Waals surface area contributed by atoms with Gasteiger partial charge in [-0.2, -0.15) is 0 Å². The Hall–Kier alpha value is -1.01. The van der Waals surface area contributed by atoms with Gasteiger partial charge < -0.3 is 4.74 Å². The van der Waals surface area contributed by atoms with Crippen molar-refractivity contribution in [3.05, 3.63) is 35.1 Å². The number of nitrogens with two attached hydrogens (primary N) is 1. The van der Waals surface area contributed by atoms with Crippen LogP contribution >= 0.6 is 0 Å². The second kappa shape index (κ2) is 7.84. The molecule has 2 atom stereocenters. The normalized spacial score (nSPS) is 21.4. The molecule has 2 unspecified atom stereocenters. The average Bonchev–Trinajstić information content (AvgIpc) is 2.47. The Morgan fingerprint density at radius 2 is 2.33 bits per heavy atom. The number of nitrogens with zero attached hydrogens (tertiary/aromatic N) is 1. The Balaban J connectivity index is 2.01. The van der Waals surface area contributed by atoms with Crippen molar-refractivity contribution in [3.63, 3.8) is 0 Å². The minimum absolute atomic E-state index is 0.0359. The van der Waals surface area contributed by atoms with Gasteiger partial charge in [-0.1, -0.05) is 13.0 Å². The fraction of sp³-hybridized carbons (Fsp3) is 0.625. The molecule has 2 rings (SSSR count). The minimum Gasteiger partial charge on any atom is -0.374 e. The SMILES string of the molecule is CCCN1CCOC(C(Cc2ccc(F)cc2C)NN)C1. The molecule has 1 heterocycles. The zero-order valence-corrected chi connectivity index (χ0v) is 12.9. The molecule has 1 saturated heterocycles. The van der Waals surface area contributed by atoms with Crippen molar-refractivity contribution < 1.29 is 9.13 Å². The minimum atomic E-state index is -0.198. The highest BCUT2D eigenvalue weighted by Gasteiger charge is 2.27. The molecule has 118 valence electrons. The zero-order valence-electron chi connectivity index (χ0n) is 12.9. The lowest BCUT2D eigenvalue weighted by molar-refractivity contribution is -0.0462. The van der Waals surface area contributed by atoms with E-state index in [0.717, 1.165) is 50.2 Å². The lowest BCUT2D eigenvalue weighted by Crippen LogP contribution is -2.54. The first-order valence-corrected chi connectivity index (χ1v) is 7.69. The molecule has 1 aliphatic heterocycles. The first-order chi connectivity index (χ1) is 10.1. The van der Waals surface area contributed by atoms with E-state index in [1.54, 1.807) is 6.07 Å². The molecule has 5 heteroatoms. The van der Waals surface area contributed by atoms with Crippen molar-refractivity contribution in [2.75, 3.05) is 26.2 Å². The van der Waals surface area contributed by atoms with Crippen molar-refractivity contribution in [1.29, 1.82) is 0 Å². The summed E-state index contributed by atoms with van der Waals surface area (Å²) < 4.78 is 19.1.